The summed E-state index contributed by atoms with van der Waals surface area (Å²) >= 11 is 0. The molecule has 3 aromatic heterocycles. The first-order valence-electron chi connectivity index (χ1n) is 14.3. The third-order valence-corrected chi connectivity index (χ3v) is 7.27. The van der Waals surface area contributed by atoms with Crippen molar-refractivity contribution in [1.29, 1.82) is 0 Å². The van der Waals surface area contributed by atoms with E-state index >= 15 is 0 Å². The Morgan fingerprint density at radius 3 is 2.71 bits per heavy atom. The van der Waals surface area contributed by atoms with Crippen LogP contribution in [0, 0.1) is 5.82 Å². The summed E-state index contributed by atoms with van der Waals surface area (Å²) in [5, 5.41) is 8.73. The van der Waals surface area contributed by atoms with E-state index in [1.807, 2.05) is 62.8 Å². The molecule has 5 rings (SSSR count). The van der Waals surface area contributed by atoms with Crippen LogP contribution >= 0.6 is 0 Å². The largest absolute Gasteiger partial charge is 0.444 e. The average molecular weight is 575 g/mol. The molecule has 1 aliphatic rings. The van der Waals surface area contributed by atoms with Gasteiger partial charge in [-0.1, -0.05) is 26.0 Å². The molecule has 0 atom stereocenters. The molecule has 4 heterocycles. The highest BCUT2D eigenvalue weighted by molar-refractivity contribution is 5.87. The Balaban J connectivity index is 1.27. The SMILES string of the molecule is CC(C)c1c2cc(-c3nc(Nc4ccc5c(n4)CCN(CCN(C)C(=O)OC(C)(C)C)C5)ncc3F)ccc2nn1C. The molecular formula is C31H39FN8O2. The number of halogens is 1. The van der Waals surface area contributed by atoms with E-state index in [1.54, 1.807) is 11.9 Å². The van der Waals surface area contributed by atoms with Crippen LogP contribution in [0.15, 0.2) is 36.5 Å². The van der Waals surface area contributed by atoms with Gasteiger partial charge in [-0.25, -0.2) is 24.1 Å². The molecule has 1 aromatic carbocycles. The van der Waals surface area contributed by atoms with Crippen molar-refractivity contribution in [2.24, 2.45) is 7.05 Å². The number of likely N-dealkylation sites (N-methyl/N-ethyl adjacent to an activating group) is 1. The highest BCUT2D eigenvalue weighted by Gasteiger charge is 2.22. The van der Waals surface area contributed by atoms with Gasteiger partial charge in [0.15, 0.2) is 5.82 Å². The number of hydrogen-bond acceptors (Lipinski definition) is 8. The minimum Gasteiger partial charge on any atom is -0.444 e. The van der Waals surface area contributed by atoms with Crippen LogP contribution in [0.4, 0.5) is 21.0 Å². The number of nitrogens with zero attached hydrogens (tertiary/aromatic N) is 7. The smallest absolute Gasteiger partial charge is 0.410 e. The maximum absolute atomic E-state index is 14.9. The molecule has 0 unspecified atom stereocenters. The van der Waals surface area contributed by atoms with E-state index in [9.17, 15) is 9.18 Å². The van der Waals surface area contributed by atoms with Crippen LogP contribution in [0.1, 0.15) is 57.5 Å². The highest BCUT2D eigenvalue weighted by Crippen LogP contribution is 2.30. The number of hydrogen-bond donors (Lipinski definition) is 1. The van der Waals surface area contributed by atoms with Gasteiger partial charge < -0.3 is 15.0 Å². The van der Waals surface area contributed by atoms with Gasteiger partial charge in [-0.3, -0.25) is 9.58 Å². The number of nitrogens with one attached hydrogen (secondary N) is 1. The van der Waals surface area contributed by atoms with E-state index in [-0.39, 0.29) is 23.7 Å². The number of benzene rings is 1. The molecule has 4 aromatic rings. The molecule has 0 bridgehead atoms. The van der Waals surface area contributed by atoms with Gasteiger partial charge in [0.1, 0.15) is 17.1 Å². The maximum atomic E-state index is 14.9. The summed E-state index contributed by atoms with van der Waals surface area (Å²) in [4.78, 5) is 29.7. The predicted molar refractivity (Wildman–Crippen MR) is 161 cm³/mol. The van der Waals surface area contributed by atoms with Crippen LogP contribution < -0.4 is 5.32 Å². The molecular weight excluding hydrogens is 535 g/mol. The number of carbonyl (C=O) groups excluding carboxylic acids is 1. The van der Waals surface area contributed by atoms with Gasteiger partial charge in [0, 0.05) is 69.0 Å². The summed E-state index contributed by atoms with van der Waals surface area (Å²) in [6.07, 6.45) is 1.65. The first-order chi connectivity index (χ1) is 19.9. The predicted octanol–water partition coefficient (Wildman–Crippen LogP) is 5.66. The highest BCUT2D eigenvalue weighted by atomic mass is 19.1. The van der Waals surface area contributed by atoms with Crippen LogP contribution in [0.2, 0.25) is 0 Å². The van der Waals surface area contributed by atoms with E-state index in [2.05, 4.69) is 39.1 Å². The molecule has 1 amide bonds. The Morgan fingerprint density at radius 1 is 1.19 bits per heavy atom. The molecule has 0 saturated carbocycles. The van der Waals surface area contributed by atoms with Crippen LogP contribution in [0.25, 0.3) is 22.2 Å². The lowest BCUT2D eigenvalue weighted by Gasteiger charge is -2.30. The number of anilines is 2. The average Bonchev–Trinajstić information content (AvgIpc) is 3.26. The summed E-state index contributed by atoms with van der Waals surface area (Å²) in [6, 6.07) is 9.61. The normalized spacial score (nSPS) is 13.8. The van der Waals surface area contributed by atoms with Gasteiger partial charge in [0.25, 0.3) is 0 Å². The molecule has 1 aliphatic heterocycles. The third kappa shape index (κ3) is 6.51. The molecule has 0 aliphatic carbocycles. The zero-order valence-electron chi connectivity index (χ0n) is 25.4. The second-order valence-electron chi connectivity index (χ2n) is 12.1. The van der Waals surface area contributed by atoms with Crippen molar-refractivity contribution in [2.75, 3.05) is 32.0 Å². The third-order valence-electron chi connectivity index (χ3n) is 7.27. The van der Waals surface area contributed by atoms with Crippen molar-refractivity contribution in [3.05, 3.63) is 59.3 Å². The van der Waals surface area contributed by atoms with Crippen molar-refractivity contribution in [3.8, 4) is 11.3 Å². The summed E-state index contributed by atoms with van der Waals surface area (Å²) in [5.41, 5.74) is 4.46. The number of pyridine rings is 1. The number of rotatable bonds is 7. The Labute approximate surface area is 245 Å². The lowest BCUT2D eigenvalue weighted by molar-refractivity contribution is 0.0280. The molecule has 42 heavy (non-hydrogen) atoms. The number of carbonyl (C=O) groups is 1. The fourth-order valence-corrected chi connectivity index (χ4v) is 5.25. The van der Waals surface area contributed by atoms with Crippen LogP contribution in [0.5, 0.6) is 0 Å². The number of amides is 1. The van der Waals surface area contributed by atoms with Crippen molar-refractivity contribution in [1.82, 2.24) is 34.5 Å². The van der Waals surface area contributed by atoms with Gasteiger partial charge >= 0.3 is 6.09 Å². The zero-order valence-corrected chi connectivity index (χ0v) is 25.4. The van der Waals surface area contributed by atoms with Crippen LogP contribution in [-0.4, -0.2) is 72.9 Å². The molecule has 222 valence electrons. The minimum absolute atomic E-state index is 0.220. The second kappa shape index (κ2) is 11.6. The molecule has 1 N–H and O–H groups in total. The van der Waals surface area contributed by atoms with Crippen molar-refractivity contribution >= 4 is 28.8 Å². The lowest BCUT2D eigenvalue weighted by atomic mass is 10.0. The second-order valence-corrected chi connectivity index (χ2v) is 12.1. The van der Waals surface area contributed by atoms with Gasteiger partial charge in [0.05, 0.1) is 11.7 Å². The fraction of sp³-hybridized carbons (Fsp3) is 0.452. The van der Waals surface area contributed by atoms with Gasteiger partial charge in [-0.05, 0) is 50.5 Å². The van der Waals surface area contributed by atoms with E-state index < -0.39 is 11.4 Å². The zero-order chi connectivity index (χ0) is 30.2. The number of aromatic nitrogens is 5. The quantitative estimate of drug-likeness (QED) is 0.302. The number of fused-ring (bicyclic) bond motifs is 2. The monoisotopic (exact) mass is 574 g/mol. The van der Waals surface area contributed by atoms with Crippen molar-refractivity contribution < 1.29 is 13.9 Å². The van der Waals surface area contributed by atoms with E-state index in [0.29, 0.717) is 17.9 Å². The lowest BCUT2D eigenvalue weighted by Crippen LogP contribution is -2.40. The molecule has 11 heteroatoms. The van der Waals surface area contributed by atoms with Crippen molar-refractivity contribution in [3.63, 3.8) is 0 Å². The first-order valence-corrected chi connectivity index (χ1v) is 14.3. The van der Waals surface area contributed by atoms with Crippen molar-refractivity contribution in [2.45, 2.75) is 59.1 Å². The van der Waals surface area contributed by atoms with E-state index in [0.717, 1.165) is 53.9 Å². The number of ether oxygens (including phenoxy) is 1. The Bertz CT molecular complexity index is 1610. The Kier molecular flexibility index (Phi) is 8.14. The molecule has 0 radical (unpaired) electrons. The standard InChI is InChI=1S/C31H39FN8O2/c1-19(2)28-22-16-20(8-10-25(22)37-39(28)7)27-23(32)17-33-29(36-27)35-26-11-9-21-18-40(13-12-24(21)34-26)15-14-38(6)30(41)42-31(3,4)5/h8-11,16-17,19H,12-15,18H2,1-7H3,(H,33,34,35,36). The minimum atomic E-state index is -0.515. The topological polar surface area (TPSA) is 101 Å². The van der Waals surface area contributed by atoms with Gasteiger partial charge in [-0.2, -0.15) is 5.10 Å². The Morgan fingerprint density at radius 2 is 1.98 bits per heavy atom. The summed E-state index contributed by atoms with van der Waals surface area (Å²) in [7, 11) is 3.69. The first kappa shape index (κ1) is 29.4. The van der Waals surface area contributed by atoms with Crippen LogP contribution in [-0.2, 0) is 24.8 Å². The molecule has 10 nitrogen and oxygen atoms in total. The van der Waals surface area contributed by atoms with E-state index in [4.69, 9.17) is 9.72 Å². The summed E-state index contributed by atoms with van der Waals surface area (Å²) in [6.45, 7) is 12.7. The van der Waals surface area contributed by atoms with E-state index in [1.165, 1.54) is 6.20 Å². The van der Waals surface area contributed by atoms with Gasteiger partial charge in [0.2, 0.25) is 5.95 Å². The molecule has 0 saturated heterocycles. The maximum Gasteiger partial charge on any atom is 0.410 e. The number of aryl methyl sites for hydroxylation is 1. The summed E-state index contributed by atoms with van der Waals surface area (Å²) < 4.78 is 22.3. The molecule has 0 fully saturated rings. The Hall–Kier alpha value is -4.12. The van der Waals surface area contributed by atoms with Crippen LogP contribution in [0.3, 0.4) is 0 Å². The summed E-state index contributed by atoms with van der Waals surface area (Å²) in [5.74, 6) is 0.653. The fourth-order valence-electron chi connectivity index (χ4n) is 5.25. The van der Waals surface area contributed by atoms with Gasteiger partial charge in [-0.15, -0.1) is 0 Å². The molecule has 0 spiro atoms.